The van der Waals surface area contributed by atoms with Gasteiger partial charge in [0.15, 0.2) is 18.1 Å². The molecule has 1 amide bonds. The van der Waals surface area contributed by atoms with E-state index in [1.54, 1.807) is 13.2 Å². The molecule has 23 heavy (non-hydrogen) atoms. The van der Waals surface area contributed by atoms with Gasteiger partial charge < -0.3 is 14.8 Å². The molecule has 120 valence electrons. The largest absolute Gasteiger partial charge is 0.493 e. The molecule has 0 aliphatic rings. The first-order valence-corrected chi connectivity index (χ1v) is 7.42. The molecule has 0 radical (unpaired) electrons. The summed E-state index contributed by atoms with van der Waals surface area (Å²) in [6.45, 7) is 3.87. The van der Waals surface area contributed by atoms with Crippen molar-refractivity contribution in [3.8, 4) is 11.5 Å². The van der Waals surface area contributed by atoms with E-state index in [0.717, 1.165) is 16.8 Å². The summed E-state index contributed by atoms with van der Waals surface area (Å²) in [5.41, 5.74) is 2.91. The van der Waals surface area contributed by atoms with Gasteiger partial charge in [-0.05, 0) is 43.7 Å². The van der Waals surface area contributed by atoms with Crippen molar-refractivity contribution in [1.82, 2.24) is 0 Å². The lowest BCUT2D eigenvalue weighted by Gasteiger charge is -2.11. The third-order valence-electron chi connectivity index (χ3n) is 3.24. The van der Waals surface area contributed by atoms with E-state index in [1.165, 1.54) is 0 Å². The van der Waals surface area contributed by atoms with Gasteiger partial charge in [0.2, 0.25) is 0 Å². The van der Waals surface area contributed by atoms with Crippen molar-refractivity contribution >= 4 is 17.7 Å². The second-order valence-corrected chi connectivity index (χ2v) is 5.11. The topological polar surface area (TPSA) is 47.6 Å². The van der Waals surface area contributed by atoms with Crippen molar-refractivity contribution in [3.63, 3.8) is 0 Å². The van der Waals surface area contributed by atoms with E-state index in [2.05, 4.69) is 5.32 Å². The standard InChI is InChI=1S/C19H21NO3/c1-4-5-15-8-11-17(18(12-15)22-3)23-13-19(21)20-16-9-6-14(2)7-10-16/h4-12H,13H2,1-3H3,(H,20,21). The highest BCUT2D eigenvalue weighted by Gasteiger charge is 2.08. The number of nitrogens with one attached hydrogen (secondary N) is 1. The fourth-order valence-corrected chi connectivity index (χ4v) is 2.08. The van der Waals surface area contributed by atoms with Crippen LogP contribution in [0.5, 0.6) is 11.5 Å². The molecule has 0 aliphatic heterocycles. The first-order valence-electron chi connectivity index (χ1n) is 7.42. The minimum atomic E-state index is -0.214. The summed E-state index contributed by atoms with van der Waals surface area (Å²) >= 11 is 0. The van der Waals surface area contributed by atoms with Crippen LogP contribution in [0.2, 0.25) is 0 Å². The Bertz CT molecular complexity index is 690. The van der Waals surface area contributed by atoms with Crippen LogP contribution in [0.15, 0.2) is 48.5 Å². The van der Waals surface area contributed by atoms with E-state index in [1.807, 2.05) is 62.4 Å². The lowest BCUT2D eigenvalue weighted by Crippen LogP contribution is -2.20. The molecule has 0 bridgehead atoms. The number of carbonyl (C=O) groups excluding carboxylic acids is 1. The molecule has 2 rings (SSSR count). The van der Waals surface area contributed by atoms with Crippen molar-refractivity contribution < 1.29 is 14.3 Å². The molecule has 0 spiro atoms. The van der Waals surface area contributed by atoms with Gasteiger partial charge in [0.25, 0.3) is 5.91 Å². The van der Waals surface area contributed by atoms with Gasteiger partial charge in [-0.2, -0.15) is 0 Å². The molecule has 0 atom stereocenters. The summed E-state index contributed by atoms with van der Waals surface area (Å²) < 4.78 is 10.9. The monoisotopic (exact) mass is 311 g/mol. The number of amides is 1. The smallest absolute Gasteiger partial charge is 0.262 e. The fourth-order valence-electron chi connectivity index (χ4n) is 2.08. The molecular formula is C19H21NO3. The zero-order valence-corrected chi connectivity index (χ0v) is 13.6. The number of methoxy groups -OCH3 is 1. The van der Waals surface area contributed by atoms with Crippen molar-refractivity contribution in [2.75, 3.05) is 19.0 Å². The summed E-state index contributed by atoms with van der Waals surface area (Å²) in [7, 11) is 1.58. The van der Waals surface area contributed by atoms with Gasteiger partial charge in [-0.25, -0.2) is 0 Å². The molecular weight excluding hydrogens is 290 g/mol. The van der Waals surface area contributed by atoms with Crippen LogP contribution in [-0.4, -0.2) is 19.6 Å². The molecule has 0 aromatic heterocycles. The van der Waals surface area contributed by atoms with Crippen LogP contribution in [0, 0.1) is 6.92 Å². The van der Waals surface area contributed by atoms with Crippen LogP contribution in [0.3, 0.4) is 0 Å². The van der Waals surface area contributed by atoms with Crippen molar-refractivity contribution in [2.24, 2.45) is 0 Å². The molecule has 0 fully saturated rings. The van der Waals surface area contributed by atoms with Gasteiger partial charge in [-0.15, -0.1) is 0 Å². The first kappa shape index (κ1) is 16.6. The van der Waals surface area contributed by atoms with Crippen LogP contribution in [0.1, 0.15) is 18.1 Å². The lowest BCUT2D eigenvalue weighted by molar-refractivity contribution is -0.118. The third kappa shape index (κ3) is 4.88. The molecule has 4 nitrogen and oxygen atoms in total. The molecule has 4 heteroatoms. The Morgan fingerprint density at radius 1 is 1.13 bits per heavy atom. The van der Waals surface area contributed by atoms with Crippen LogP contribution in [0.4, 0.5) is 5.69 Å². The molecule has 2 aromatic carbocycles. The Morgan fingerprint density at radius 2 is 1.87 bits per heavy atom. The van der Waals surface area contributed by atoms with Crippen LogP contribution >= 0.6 is 0 Å². The van der Waals surface area contributed by atoms with E-state index in [0.29, 0.717) is 11.5 Å². The summed E-state index contributed by atoms with van der Waals surface area (Å²) in [6.07, 6.45) is 3.92. The van der Waals surface area contributed by atoms with Gasteiger partial charge in [0, 0.05) is 5.69 Å². The molecule has 0 unspecified atom stereocenters. The zero-order valence-electron chi connectivity index (χ0n) is 13.6. The second kappa shape index (κ2) is 8.03. The highest BCUT2D eigenvalue weighted by molar-refractivity contribution is 5.91. The number of allylic oxidation sites excluding steroid dienone is 1. The summed E-state index contributed by atoms with van der Waals surface area (Å²) in [5.74, 6) is 0.928. The van der Waals surface area contributed by atoms with E-state index in [4.69, 9.17) is 9.47 Å². The van der Waals surface area contributed by atoms with Gasteiger partial charge >= 0.3 is 0 Å². The Hall–Kier alpha value is -2.75. The summed E-state index contributed by atoms with van der Waals surface area (Å²) in [5, 5.41) is 2.79. The van der Waals surface area contributed by atoms with E-state index in [-0.39, 0.29) is 12.5 Å². The number of carbonyl (C=O) groups is 1. The predicted molar refractivity (Wildman–Crippen MR) is 93.0 cm³/mol. The van der Waals surface area contributed by atoms with E-state index >= 15 is 0 Å². The van der Waals surface area contributed by atoms with Crippen molar-refractivity contribution in [3.05, 3.63) is 59.7 Å². The number of hydrogen-bond donors (Lipinski definition) is 1. The first-order chi connectivity index (χ1) is 11.1. The third-order valence-corrected chi connectivity index (χ3v) is 3.24. The van der Waals surface area contributed by atoms with Gasteiger partial charge in [-0.3, -0.25) is 4.79 Å². The number of rotatable bonds is 6. The summed E-state index contributed by atoms with van der Waals surface area (Å²) in [6, 6.07) is 13.2. The van der Waals surface area contributed by atoms with Crippen molar-refractivity contribution in [2.45, 2.75) is 13.8 Å². The SMILES string of the molecule is CC=Cc1ccc(OCC(=O)Nc2ccc(C)cc2)c(OC)c1. The average Bonchev–Trinajstić information content (AvgIpc) is 2.56. The second-order valence-electron chi connectivity index (χ2n) is 5.11. The maximum Gasteiger partial charge on any atom is 0.262 e. The minimum Gasteiger partial charge on any atom is -0.493 e. The number of benzene rings is 2. The molecule has 2 aromatic rings. The number of anilines is 1. The quantitative estimate of drug-likeness (QED) is 0.875. The molecule has 1 N–H and O–H groups in total. The normalized spacial score (nSPS) is 10.6. The van der Waals surface area contributed by atoms with E-state index in [9.17, 15) is 4.79 Å². The maximum absolute atomic E-state index is 12.0. The number of aryl methyl sites for hydroxylation is 1. The Kier molecular flexibility index (Phi) is 5.80. The highest BCUT2D eigenvalue weighted by Crippen LogP contribution is 2.28. The fraction of sp³-hybridized carbons (Fsp3) is 0.211. The average molecular weight is 311 g/mol. The van der Waals surface area contributed by atoms with Gasteiger partial charge in [0.1, 0.15) is 0 Å². The highest BCUT2D eigenvalue weighted by atomic mass is 16.5. The maximum atomic E-state index is 12.0. The van der Waals surface area contributed by atoms with Crippen LogP contribution < -0.4 is 14.8 Å². The van der Waals surface area contributed by atoms with E-state index < -0.39 is 0 Å². The molecule has 0 saturated carbocycles. The predicted octanol–water partition coefficient (Wildman–Crippen LogP) is 4.05. The zero-order chi connectivity index (χ0) is 16.7. The molecule has 0 aliphatic carbocycles. The van der Waals surface area contributed by atoms with Gasteiger partial charge in [0.05, 0.1) is 7.11 Å². The number of ether oxygens (including phenoxy) is 2. The number of hydrogen-bond acceptors (Lipinski definition) is 3. The summed E-state index contributed by atoms with van der Waals surface area (Å²) in [4.78, 5) is 12.0. The van der Waals surface area contributed by atoms with Crippen molar-refractivity contribution in [1.29, 1.82) is 0 Å². The molecule has 0 saturated heterocycles. The van der Waals surface area contributed by atoms with Gasteiger partial charge in [-0.1, -0.05) is 35.9 Å². The Labute approximate surface area is 136 Å². The molecule has 0 heterocycles. The minimum absolute atomic E-state index is 0.0762. The Balaban J connectivity index is 1.97. The van der Waals surface area contributed by atoms with Crippen LogP contribution in [0.25, 0.3) is 6.08 Å². The lowest BCUT2D eigenvalue weighted by atomic mass is 10.2. The van der Waals surface area contributed by atoms with Crippen LogP contribution in [-0.2, 0) is 4.79 Å². The Morgan fingerprint density at radius 3 is 2.52 bits per heavy atom.